The number of ether oxygens (including phenoxy) is 2. The third-order valence-electron chi connectivity index (χ3n) is 8.39. The van der Waals surface area contributed by atoms with E-state index in [9.17, 15) is 26.3 Å². The third-order valence-corrected chi connectivity index (χ3v) is 8.39. The van der Waals surface area contributed by atoms with Gasteiger partial charge in [0.15, 0.2) is 29.3 Å². The summed E-state index contributed by atoms with van der Waals surface area (Å²) in [5, 5.41) is 0. The van der Waals surface area contributed by atoms with Gasteiger partial charge in [-0.15, -0.1) is 6.58 Å². The van der Waals surface area contributed by atoms with E-state index in [2.05, 4.69) is 13.5 Å². The fourth-order valence-corrected chi connectivity index (χ4v) is 5.75. The van der Waals surface area contributed by atoms with Gasteiger partial charge in [0.2, 0.25) is 11.6 Å². The van der Waals surface area contributed by atoms with Gasteiger partial charge in [-0.05, 0) is 79.9 Å². The predicted octanol–water partition coefficient (Wildman–Crippen LogP) is 9.16. The average molecular weight is 555 g/mol. The molecule has 2 nitrogen and oxygen atoms in total. The van der Waals surface area contributed by atoms with E-state index in [4.69, 9.17) is 9.47 Å². The molecule has 2 unspecified atom stereocenters. The molecule has 0 N–H and O–H groups in total. The van der Waals surface area contributed by atoms with Gasteiger partial charge in [0.05, 0.1) is 0 Å². The lowest BCUT2D eigenvalue weighted by molar-refractivity contribution is 0.0498. The van der Waals surface area contributed by atoms with Gasteiger partial charge in [-0.2, -0.15) is 8.78 Å². The van der Waals surface area contributed by atoms with Crippen LogP contribution in [0.1, 0.15) is 75.3 Å². The third kappa shape index (κ3) is 6.93. The van der Waals surface area contributed by atoms with Crippen LogP contribution in [-0.4, -0.2) is 19.0 Å². The Labute approximate surface area is 226 Å². The Morgan fingerprint density at radius 3 is 2.03 bits per heavy atom. The first-order valence-electron chi connectivity index (χ1n) is 13.8. The molecule has 0 heterocycles. The van der Waals surface area contributed by atoms with Gasteiger partial charge in [0.1, 0.15) is 19.4 Å². The molecule has 0 aromatic heterocycles. The highest BCUT2D eigenvalue weighted by Crippen LogP contribution is 2.38. The van der Waals surface area contributed by atoms with E-state index in [1.807, 2.05) is 6.08 Å². The lowest BCUT2D eigenvalue weighted by Gasteiger charge is -2.30. The number of alkyl halides is 2. The van der Waals surface area contributed by atoms with Crippen LogP contribution in [0.15, 0.2) is 36.9 Å². The van der Waals surface area contributed by atoms with E-state index in [-0.39, 0.29) is 11.5 Å². The number of hydrogen-bond donors (Lipinski definition) is 0. The molecule has 8 heteroatoms. The van der Waals surface area contributed by atoms with E-state index in [0.29, 0.717) is 30.2 Å². The summed E-state index contributed by atoms with van der Waals surface area (Å²) in [6, 6.07) is 5.00. The van der Waals surface area contributed by atoms with Crippen molar-refractivity contribution in [2.24, 2.45) is 17.8 Å². The smallest absolute Gasteiger partial charge is 0.204 e. The number of benzene rings is 2. The summed E-state index contributed by atoms with van der Waals surface area (Å²) in [5.74, 6) is -5.64. The highest BCUT2D eigenvalue weighted by molar-refractivity contribution is 5.36. The summed E-state index contributed by atoms with van der Waals surface area (Å²) in [7, 11) is 0. The fourth-order valence-electron chi connectivity index (χ4n) is 5.75. The van der Waals surface area contributed by atoms with Gasteiger partial charge >= 0.3 is 0 Å². The molecule has 2 aromatic carbocycles. The molecule has 2 aliphatic carbocycles. The minimum Gasteiger partial charge on any atom is -0.487 e. The standard InChI is InChI=1S/C31H36F6O2/c1-3-19-6-10-20(11-7-19)23-13-12-22(28(34)29(23)35)16-38-25-14-15-26(31(37)30(25)36)39-17-24(32)27(33)21-8-4-18(2)5-9-21/h3,12-15,18-21,24,27H,1,4-11,16-17H2,2H3. The largest absolute Gasteiger partial charge is 0.487 e. The van der Waals surface area contributed by atoms with Crippen molar-refractivity contribution in [2.75, 3.05) is 6.61 Å². The second kappa shape index (κ2) is 13.1. The van der Waals surface area contributed by atoms with Crippen LogP contribution < -0.4 is 9.47 Å². The molecular weight excluding hydrogens is 518 g/mol. The van der Waals surface area contributed by atoms with Crippen molar-refractivity contribution in [1.82, 2.24) is 0 Å². The van der Waals surface area contributed by atoms with Crippen molar-refractivity contribution >= 4 is 0 Å². The van der Waals surface area contributed by atoms with Crippen molar-refractivity contribution < 1.29 is 35.8 Å². The van der Waals surface area contributed by atoms with Crippen molar-refractivity contribution in [2.45, 2.75) is 83.2 Å². The topological polar surface area (TPSA) is 18.5 Å². The normalized spacial score (nSPS) is 25.1. The molecule has 2 aromatic rings. The van der Waals surface area contributed by atoms with Crippen molar-refractivity contribution in [3.05, 3.63) is 71.3 Å². The predicted molar refractivity (Wildman–Crippen MR) is 138 cm³/mol. The molecule has 0 radical (unpaired) electrons. The summed E-state index contributed by atoms with van der Waals surface area (Å²) in [6.45, 7) is 4.59. The first-order chi connectivity index (χ1) is 18.7. The second-order valence-electron chi connectivity index (χ2n) is 11.1. The van der Waals surface area contributed by atoms with Gasteiger partial charge in [-0.3, -0.25) is 0 Å². The molecule has 39 heavy (non-hydrogen) atoms. The molecule has 4 rings (SSSR count). The number of rotatable bonds is 10. The number of halogens is 6. The Morgan fingerprint density at radius 2 is 1.41 bits per heavy atom. The minimum absolute atomic E-state index is 0.0901. The van der Waals surface area contributed by atoms with E-state index in [0.717, 1.165) is 50.7 Å². The van der Waals surface area contributed by atoms with Gasteiger partial charge in [-0.25, -0.2) is 17.6 Å². The molecular formula is C31H36F6O2. The Bertz CT molecular complexity index is 1120. The van der Waals surface area contributed by atoms with Crippen molar-refractivity contribution in [1.29, 1.82) is 0 Å². The van der Waals surface area contributed by atoms with E-state index in [1.165, 1.54) is 12.1 Å². The van der Waals surface area contributed by atoms with Crippen LogP contribution in [0.25, 0.3) is 0 Å². The fraction of sp³-hybridized carbons (Fsp3) is 0.548. The van der Waals surface area contributed by atoms with E-state index >= 15 is 0 Å². The van der Waals surface area contributed by atoms with Gasteiger partial charge in [0.25, 0.3) is 0 Å². The average Bonchev–Trinajstić information content (AvgIpc) is 2.95. The molecule has 2 fully saturated rings. The van der Waals surface area contributed by atoms with Crippen LogP contribution in [0.4, 0.5) is 26.3 Å². The molecule has 0 spiro atoms. The molecule has 2 aliphatic rings. The van der Waals surface area contributed by atoms with Gasteiger partial charge in [-0.1, -0.05) is 38.0 Å². The monoisotopic (exact) mass is 554 g/mol. The van der Waals surface area contributed by atoms with E-state index in [1.54, 1.807) is 0 Å². The summed E-state index contributed by atoms with van der Waals surface area (Å²) < 4.78 is 98.0. The van der Waals surface area contributed by atoms with Crippen LogP contribution in [-0.2, 0) is 6.61 Å². The highest BCUT2D eigenvalue weighted by Gasteiger charge is 2.33. The van der Waals surface area contributed by atoms with Crippen molar-refractivity contribution in [3.63, 3.8) is 0 Å². The molecule has 0 amide bonds. The van der Waals surface area contributed by atoms with E-state index < -0.39 is 66.2 Å². The lowest BCUT2D eigenvalue weighted by atomic mass is 9.78. The molecule has 0 saturated heterocycles. The summed E-state index contributed by atoms with van der Waals surface area (Å²) >= 11 is 0. The SMILES string of the molecule is C=CC1CCC(c2ccc(COc3ccc(OCC(F)C(F)C4CCC(C)CC4)c(F)c3F)c(F)c2F)CC1. The van der Waals surface area contributed by atoms with Crippen LogP contribution in [0, 0.1) is 41.0 Å². The first-order valence-corrected chi connectivity index (χ1v) is 13.8. The zero-order valence-corrected chi connectivity index (χ0v) is 22.2. The van der Waals surface area contributed by atoms with Crippen LogP contribution in [0.2, 0.25) is 0 Å². The maximum atomic E-state index is 14.8. The summed E-state index contributed by atoms with van der Waals surface area (Å²) in [4.78, 5) is 0. The van der Waals surface area contributed by atoms with Crippen LogP contribution in [0.3, 0.4) is 0 Å². The Morgan fingerprint density at radius 1 is 0.795 bits per heavy atom. The zero-order valence-electron chi connectivity index (χ0n) is 22.2. The molecule has 2 saturated carbocycles. The first kappa shape index (κ1) is 29.3. The van der Waals surface area contributed by atoms with Gasteiger partial charge in [0, 0.05) is 5.56 Å². The maximum Gasteiger partial charge on any atom is 0.204 e. The molecule has 0 bridgehead atoms. The Kier molecular flexibility index (Phi) is 9.89. The van der Waals surface area contributed by atoms with Crippen LogP contribution in [0.5, 0.6) is 11.5 Å². The molecule has 2 atom stereocenters. The summed E-state index contributed by atoms with van der Waals surface area (Å²) in [6.07, 6.45) is 4.21. The van der Waals surface area contributed by atoms with Crippen LogP contribution >= 0.6 is 0 Å². The summed E-state index contributed by atoms with van der Waals surface area (Å²) in [5.41, 5.74) is 0.166. The van der Waals surface area contributed by atoms with Gasteiger partial charge < -0.3 is 9.47 Å². The number of allylic oxidation sites excluding steroid dienone is 1. The molecule has 214 valence electrons. The number of hydrogen-bond acceptors (Lipinski definition) is 2. The Balaban J connectivity index is 1.34. The minimum atomic E-state index is -1.97. The highest BCUT2D eigenvalue weighted by atomic mass is 19.2. The maximum absolute atomic E-state index is 14.8. The molecule has 0 aliphatic heterocycles. The zero-order chi connectivity index (χ0) is 28.1. The second-order valence-corrected chi connectivity index (χ2v) is 11.1. The quantitative estimate of drug-likeness (QED) is 0.215. The van der Waals surface area contributed by atoms with Crippen molar-refractivity contribution in [3.8, 4) is 11.5 Å². The lowest BCUT2D eigenvalue weighted by Crippen LogP contribution is -2.33. The Hall–Kier alpha value is -2.64.